The zero-order chi connectivity index (χ0) is 22.9. The molecular weight excluding hydrogens is 440 g/mol. The van der Waals surface area contributed by atoms with Gasteiger partial charge in [-0.1, -0.05) is 13.8 Å². The number of carbonyl (C=O) groups is 1. The minimum atomic E-state index is -0.00622. The van der Waals surface area contributed by atoms with E-state index in [2.05, 4.69) is 24.5 Å². The Balaban J connectivity index is 1.69. The van der Waals surface area contributed by atoms with E-state index < -0.39 is 0 Å². The van der Waals surface area contributed by atoms with Gasteiger partial charge in [-0.15, -0.1) is 0 Å². The van der Waals surface area contributed by atoms with Crippen LogP contribution in [-0.2, 0) is 0 Å². The van der Waals surface area contributed by atoms with Crippen LogP contribution in [0.5, 0.6) is 11.5 Å². The van der Waals surface area contributed by atoms with Crippen molar-refractivity contribution < 1.29 is 14.3 Å². The molecule has 2 aromatic carbocycles. The molecule has 7 heteroatoms. The molecule has 176 valence electrons. The van der Waals surface area contributed by atoms with Crippen molar-refractivity contribution in [2.45, 2.75) is 13.8 Å². The van der Waals surface area contributed by atoms with Gasteiger partial charge in [0.15, 0.2) is 5.78 Å². The van der Waals surface area contributed by atoms with E-state index in [4.69, 9.17) is 9.47 Å². The highest BCUT2D eigenvalue weighted by molar-refractivity contribution is 7.99. The predicted octanol–water partition coefficient (Wildman–Crippen LogP) is 4.36. The largest absolute Gasteiger partial charge is 0.492 e. The first kappa shape index (κ1) is 26.6. The molecule has 0 atom stereocenters. The summed E-state index contributed by atoms with van der Waals surface area (Å²) in [5.41, 5.74) is 1.30. The summed E-state index contributed by atoms with van der Waals surface area (Å²) < 4.78 is 11.5. The molecule has 0 saturated carbocycles. The molecule has 0 aliphatic heterocycles. The number of rotatable bonds is 18. The maximum atomic E-state index is 12.7. The van der Waals surface area contributed by atoms with E-state index in [1.165, 1.54) is 0 Å². The van der Waals surface area contributed by atoms with E-state index in [0.717, 1.165) is 60.7 Å². The third-order valence-electron chi connectivity index (χ3n) is 4.58. The molecule has 0 saturated heterocycles. The summed E-state index contributed by atoms with van der Waals surface area (Å²) in [7, 11) is 0. The molecule has 0 amide bonds. The minimum Gasteiger partial charge on any atom is -0.492 e. The molecule has 5 nitrogen and oxygen atoms in total. The van der Waals surface area contributed by atoms with Crippen LogP contribution in [0, 0.1) is 0 Å². The van der Waals surface area contributed by atoms with E-state index >= 15 is 0 Å². The lowest BCUT2D eigenvalue weighted by Gasteiger charge is -2.09. The van der Waals surface area contributed by atoms with E-state index in [1.807, 2.05) is 72.1 Å². The van der Waals surface area contributed by atoms with Crippen molar-refractivity contribution in [2.24, 2.45) is 0 Å². The maximum Gasteiger partial charge on any atom is 0.193 e. The van der Waals surface area contributed by atoms with Crippen molar-refractivity contribution >= 4 is 29.3 Å². The molecule has 0 spiro atoms. The summed E-state index contributed by atoms with van der Waals surface area (Å²) >= 11 is 3.85. The third-order valence-corrected chi connectivity index (χ3v) is 6.38. The first-order valence-corrected chi connectivity index (χ1v) is 13.6. The fourth-order valence-corrected chi connectivity index (χ4v) is 4.04. The highest BCUT2D eigenvalue weighted by atomic mass is 32.2. The molecule has 2 aromatic rings. The molecule has 0 aliphatic rings. The van der Waals surface area contributed by atoms with Gasteiger partial charge in [-0.25, -0.2) is 0 Å². The minimum absolute atomic E-state index is 0.00622. The predicted molar refractivity (Wildman–Crippen MR) is 139 cm³/mol. The van der Waals surface area contributed by atoms with Crippen LogP contribution in [0.4, 0.5) is 0 Å². The number of thioether (sulfide) groups is 2. The quantitative estimate of drug-likeness (QED) is 0.245. The normalized spacial score (nSPS) is 10.8. The van der Waals surface area contributed by atoms with Gasteiger partial charge in [0.25, 0.3) is 0 Å². The van der Waals surface area contributed by atoms with E-state index in [9.17, 15) is 4.79 Å². The molecule has 2 N–H and O–H groups in total. The van der Waals surface area contributed by atoms with E-state index in [-0.39, 0.29) is 5.78 Å². The van der Waals surface area contributed by atoms with Gasteiger partial charge >= 0.3 is 0 Å². The van der Waals surface area contributed by atoms with Crippen LogP contribution < -0.4 is 20.1 Å². The second kappa shape index (κ2) is 16.9. The number of nitrogens with one attached hydrogen (secondary N) is 2. The van der Waals surface area contributed by atoms with Crippen molar-refractivity contribution in [3.05, 3.63) is 59.7 Å². The summed E-state index contributed by atoms with van der Waals surface area (Å²) in [6, 6.07) is 14.7. The molecular formula is C25H36N2O3S2. The number of carbonyl (C=O) groups excluding carboxylic acids is 1. The molecule has 0 radical (unpaired) electrons. The number of hydrogen-bond acceptors (Lipinski definition) is 7. The van der Waals surface area contributed by atoms with Crippen LogP contribution >= 0.6 is 23.5 Å². The second-order valence-electron chi connectivity index (χ2n) is 6.97. The van der Waals surface area contributed by atoms with Gasteiger partial charge in [0.1, 0.15) is 24.7 Å². The Kier molecular flexibility index (Phi) is 14.0. The monoisotopic (exact) mass is 476 g/mol. The summed E-state index contributed by atoms with van der Waals surface area (Å²) in [6.45, 7) is 9.17. The number of benzene rings is 2. The Labute approximate surface area is 201 Å². The lowest BCUT2D eigenvalue weighted by molar-refractivity contribution is 0.103. The van der Waals surface area contributed by atoms with Gasteiger partial charge < -0.3 is 20.1 Å². The molecule has 0 aromatic heterocycles. The summed E-state index contributed by atoms with van der Waals surface area (Å²) in [5.74, 6) is 6.09. The Morgan fingerprint density at radius 3 is 1.47 bits per heavy atom. The van der Waals surface area contributed by atoms with Crippen LogP contribution in [0.15, 0.2) is 48.5 Å². The third kappa shape index (κ3) is 10.8. The van der Waals surface area contributed by atoms with Gasteiger partial charge in [0.05, 0.1) is 0 Å². The molecule has 0 heterocycles. The van der Waals surface area contributed by atoms with E-state index in [1.54, 1.807) is 0 Å². The van der Waals surface area contributed by atoms with Crippen LogP contribution in [0.1, 0.15) is 29.8 Å². The van der Waals surface area contributed by atoms with Gasteiger partial charge in [0.2, 0.25) is 0 Å². The second-order valence-corrected chi connectivity index (χ2v) is 9.76. The number of ketones is 1. The average molecular weight is 477 g/mol. The highest BCUT2D eigenvalue weighted by Gasteiger charge is 2.09. The topological polar surface area (TPSA) is 59.6 Å². The maximum absolute atomic E-state index is 12.7. The van der Waals surface area contributed by atoms with Gasteiger partial charge in [-0.05, 0) is 60.0 Å². The molecule has 32 heavy (non-hydrogen) atoms. The summed E-state index contributed by atoms with van der Waals surface area (Å²) in [4.78, 5) is 12.7. The molecule has 0 unspecified atom stereocenters. The number of hydrogen-bond donors (Lipinski definition) is 2. The lowest BCUT2D eigenvalue weighted by Crippen LogP contribution is -2.23. The SMILES string of the molecule is CCSCCNCCOc1ccc(C(=O)c2ccc(OCCNCCSCC)cc2)cc1. The average Bonchev–Trinajstić information content (AvgIpc) is 2.83. The van der Waals surface area contributed by atoms with Crippen LogP contribution in [0.2, 0.25) is 0 Å². The van der Waals surface area contributed by atoms with Crippen LogP contribution in [-0.4, -0.2) is 68.2 Å². The van der Waals surface area contributed by atoms with Gasteiger partial charge in [-0.2, -0.15) is 23.5 Å². The van der Waals surface area contributed by atoms with Crippen molar-refractivity contribution in [2.75, 3.05) is 62.4 Å². The molecule has 0 aliphatic carbocycles. The molecule has 0 fully saturated rings. The Hall–Kier alpha value is -1.67. The van der Waals surface area contributed by atoms with Gasteiger partial charge in [-0.3, -0.25) is 4.79 Å². The lowest BCUT2D eigenvalue weighted by atomic mass is 10.0. The summed E-state index contributed by atoms with van der Waals surface area (Å²) in [6.07, 6.45) is 0. The Morgan fingerprint density at radius 1 is 0.688 bits per heavy atom. The first-order valence-electron chi connectivity index (χ1n) is 11.3. The van der Waals surface area contributed by atoms with Crippen molar-refractivity contribution in [1.82, 2.24) is 10.6 Å². The highest BCUT2D eigenvalue weighted by Crippen LogP contribution is 2.18. The zero-order valence-electron chi connectivity index (χ0n) is 19.2. The fraction of sp³-hybridized carbons (Fsp3) is 0.480. The van der Waals surface area contributed by atoms with Crippen molar-refractivity contribution in [3.8, 4) is 11.5 Å². The standard InChI is InChI=1S/C25H36N2O3S2/c1-3-31-19-15-26-13-17-29-23-9-5-21(6-10-23)25(28)22-7-11-24(12-8-22)30-18-14-27-16-20-32-4-2/h5-12,26-27H,3-4,13-20H2,1-2H3. The fourth-order valence-electron chi connectivity index (χ4n) is 2.88. The number of ether oxygens (including phenoxy) is 2. The van der Waals surface area contributed by atoms with E-state index in [0.29, 0.717) is 24.3 Å². The zero-order valence-corrected chi connectivity index (χ0v) is 20.9. The summed E-state index contributed by atoms with van der Waals surface area (Å²) in [5, 5.41) is 6.72. The van der Waals surface area contributed by atoms with Gasteiger partial charge in [0, 0.05) is 48.8 Å². The molecule has 2 rings (SSSR count). The smallest absolute Gasteiger partial charge is 0.193 e. The Morgan fingerprint density at radius 2 is 1.09 bits per heavy atom. The van der Waals surface area contributed by atoms with Crippen molar-refractivity contribution in [1.29, 1.82) is 0 Å². The van der Waals surface area contributed by atoms with Crippen LogP contribution in [0.3, 0.4) is 0 Å². The molecule has 0 bridgehead atoms. The van der Waals surface area contributed by atoms with Crippen molar-refractivity contribution in [3.63, 3.8) is 0 Å². The van der Waals surface area contributed by atoms with Crippen LogP contribution in [0.25, 0.3) is 0 Å². The first-order chi connectivity index (χ1) is 15.7. The Bertz CT molecular complexity index is 691.